The van der Waals surface area contributed by atoms with E-state index in [1.807, 2.05) is 39.5 Å². The van der Waals surface area contributed by atoms with Crippen molar-refractivity contribution in [3.05, 3.63) is 29.8 Å². The minimum absolute atomic E-state index is 0.872. The van der Waals surface area contributed by atoms with Gasteiger partial charge >= 0.3 is 0 Å². The van der Waals surface area contributed by atoms with Crippen molar-refractivity contribution in [1.29, 1.82) is 0 Å². The Morgan fingerprint density at radius 2 is 1.33 bits per heavy atom. The van der Waals surface area contributed by atoms with E-state index in [1.54, 1.807) is 0 Å². The maximum atomic E-state index is 2.31. The molecule has 0 unspecified atom stereocenters. The predicted octanol–water partition coefficient (Wildman–Crippen LogP) is 7.75. The van der Waals surface area contributed by atoms with Crippen molar-refractivity contribution in [1.82, 2.24) is 0 Å². The molecule has 124 valence electrons. The van der Waals surface area contributed by atoms with Crippen molar-refractivity contribution in [2.24, 2.45) is 5.92 Å². The van der Waals surface area contributed by atoms with E-state index in [9.17, 15) is 0 Å². The van der Waals surface area contributed by atoms with Gasteiger partial charge < -0.3 is 0 Å². The molecule has 1 heteroatoms. The number of aryl methyl sites for hydroxylation is 1. The van der Waals surface area contributed by atoms with Crippen molar-refractivity contribution in [2.45, 2.75) is 85.5 Å². The topological polar surface area (TPSA) is 0 Å². The molecule has 0 nitrogen and oxygen atoms in total. The van der Waals surface area contributed by atoms with Crippen molar-refractivity contribution in [3.63, 3.8) is 0 Å². The highest BCUT2D eigenvalue weighted by atomic mass is 32.2. The van der Waals surface area contributed by atoms with Gasteiger partial charge in [-0.1, -0.05) is 84.9 Å². The molecule has 0 radical (unpaired) electrons. The van der Waals surface area contributed by atoms with Crippen LogP contribution in [0.25, 0.3) is 0 Å². The van der Waals surface area contributed by atoms with Crippen molar-refractivity contribution in [2.75, 3.05) is 5.75 Å². The Morgan fingerprint density at radius 1 is 0.810 bits per heavy atom. The molecule has 0 aliphatic heterocycles. The van der Waals surface area contributed by atoms with Crippen LogP contribution in [0.3, 0.4) is 0 Å². The fourth-order valence-electron chi connectivity index (χ4n) is 1.83. The summed E-state index contributed by atoms with van der Waals surface area (Å²) in [5.74, 6) is 2.14. The average Bonchev–Trinajstić information content (AvgIpc) is 2.52. The van der Waals surface area contributed by atoms with Crippen LogP contribution in [0.15, 0.2) is 29.2 Å². The van der Waals surface area contributed by atoms with Crippen LogP contribution in [0.1, 0.15) is 79.2 Å². The van der Waals surface area contributed by atoms with Gasteiger partial charge in [0.25, 0.3) is 0 Å². The molecule has 0 spiro atoms. The van der Waals surface area contributed by atoms with Gasteiger partial charge in [0.1, 0.15) is 0 Å². The van der Waals surface area contributed by atoms with Crippen LogP contribution in [-0.2, 0) is 0 Å². The van der Waals surface area contributed by atoms with Crippen LogP contribution < -0.4 is 0 Å². The summed E-state index contributed by atoms with van der Waals surface area (Å²) in [5.41, 5.74) is 1.35. The third kappa shape index (κ3) is 15.8. The lowest BCUT2D eigenvalue weighted by molar-refractivity contribution is 0.525. The number of hydrogen-bond acceptors (Lipinski definition) is 1. The Labute approximate surface area is 139 Å². The molecule has 0 heterocycles. The molecule has 21 heavy (non-hydrogen) atoms. The van der Waals surface area contributed by atoms with Crippen LogP contribution in [-0.4, -0.2) is 5.75 Å². The lowest BCUT2D eigenvalue weighted by Crippen LogP contribution is -1.88. The minimum Gasteiger partial charge on any atom is -0.126 e. The van der Waals surface area contributed by atoms with Gasteiger partial charge in [0.05, 0.1) is 0 Å². The second-order valence-corrected chi connectivity index (χ2v) is 6.43. The summed E-state index contributed by atoms with van der Waals surface area (Å²) in [6.07, 6.45) is 6.97. The molecule has 0 aliphatic carbocycles. The van der Waals surface area contributed by atoms with E-state index < -0.39 is 0 Å². The first-order valence-electron chi connectivity index (χ1n) is 8.88. The van der Waals surface area contributed by atoms with Gasteiger partial charge in [-0.25, -0.2) is 0 Å². The minimum atomic E-state index is 0.872. The smallest absolute Gasteiger partial charge is 0.00721 e. The third-order valence-corrected chi connectivity index (χ3v) is 4.06. The highest BCUT2D eigenvalue weighted by Gasteiger charge is 1.96. The molecule has 0 atom stereocenters. The zero-order chi connectivity index (χ0) is 16.5. The van der Waals surface area contributed by atoms with E-state index in [0.717, 1.165) is 5.92 Å². The standard InChI is InChI=1S/C16H26S.2C2H6/c1-14(2)8-6-4-5-7-13-17-16-11-9-15(3)10-12-16;2*1-2/h9-12,14H,4-8,13H2,1-3H3;2*1-2H3. The van der Waals surface area contributed by atoms with Gasteiger partial charge in [-0.15, -0.1) is 11.8 Å². The lowest BCUT2D eigenvalue weighted by Gasteiger charge is -2.04. The molecule has 0 N–H and O–H groups in total. The molecule has 0 amide bonds. The molecule has 1 rings (SSSR count). The van der Waals surface area contributed by atoms with E-state index in [1.165, 1.54) is 48.3 Å². The number of thioether (sulfide) groups is 1. The molecule has 0 saturated carbocycles. The van der Waals surface area contributed by atoms with Crippen LogP contribution in [0, 0.1) is 12.8 Å². The summed E-state index contributed by atoms with van der Waals surface area (Å²) < 4.78 is 0. The van der Waals surface area contributed by atoms with Gasteiger partial charge in [0.15, 0.2) is 0 Å². The monoisotopic (exact) mass is 310 g/mol. The fourth-order valence-corrected chi connectivity index (χ4v) is 2.75. The number of rotatable bonds is 8. The Morgan fingerprint density at radius 3 is 1.86 bits per heavy atom. The van der Waals surface area contributed by atoms with Crippen molar-refractivity contribution in [3.8, 4) is 0 Å². The van der Waals surface area contributed by atoms with E-state index in [0.29, 0.717) is 0 Å². The first-order valence-corrected chi connectivity index (χ1v) is 9.86. The quantitative estimate of drug-likeness (QED) is 0.349. The normalized spacial score (nSPS) is 9.52. The summed E-state index contributed by atoms with van der Waals surface area (Å²) in [7, 11) is 0. The summed E-state index contributed by atoms with van der Waals surface area (Å²) in [6, 6.07) is 8.87. The molecule has 0 bridgehead atoms. The number of hydrogen-bond donors (Lipinski definition) is 0. The maximum Gasteiger partial charge on any atom is 0.00721 e. The van der Waals surface area contributed by atoms with Crippen molar-refractivity contribution < 1.29 is 0 Å². The van der Waals surface area contributed by atoms with Gasteiger partial charge in [-0.2, -0.15) is 0 Å². The second-order valence-electron chi connectivity index (χ2n) is 5.26. The van der Waals surface area contributed by atoms with E-state index >= 15 is 0 Å². The van der Waals surface area contributed by atoms with Gasteiger partial charge in [0.2, 0.25) is 0 Å². The molecular weight excluding hydrogens is 272 g/mol. The van der Waals surface area contributed by atoms with Gasteiger partial charge in [0, 0.05) is 4.90 Å². The zero-order valence-electron chi connectivity index (χ0n) is 15.5. The molecular formula is C20H38S. The largest absolute Gasteiger partial charge is 0.126 e. The molecule has 0 aliphatic rings. The molecule has 1 aromatic rings. The van der Waals surface area contributed by atoms with Crippen molar-refractivity contribution >= 4 is 11.8 Å². The van der Waals surface area contributed by atoms with E-state index in [-0.39, 0.29) is 0 Å². The molecule has 0 saturated heterocycles. The molecule has 0 aromatic heterocycles. The first-order chi connectivity index (χ1) is 10.2. The van der Waals surface area contributed by atoms with E-state index in [2.05, 4.69) is 45.0 Å². The highest BCUT2D eigenvalue weighted by Crippen LogP contribution is 2.20. The first kappa shape index (κ1) is 22.8. The lowest BCUT2D eigenvalue weighted by atomic mass is 10.0. The fraction of sp³-hybridized carbons (Fsp3) is 0.700. The number of benzene rings is 1. The molecule has 0 fully saturated rings. The third-order valence-electron chi connectivity index (χ3n) is 2.97. The van der Waals surface area contributed by atoms with Crippen LogP contribution in [0.5, 0.6) is 0 Å². The van der Waals surface area contributed by atoms with E-state index in [4.69, 9.17) is 0 Å². The summed E-state index contributed by atoms with van der Waals surface area (Å²) in [4.78, 5) is 1.41. The Balaban J connectivity index is 0. The van der Waals surface area contributed by atoms with Gasteiger partial charge in [-0.3, -0.25) is 0 Å². The zero-order valence-corrected chi connectivity index (χ0v) is 16.4. The Kier molecular flexibility index (Phi) is 19.2. The number of unbranched alkanes of at least 4 members (excludes halogenated alkanes) is 3. The summed E-state index contributed by atoms with van der Waals surface area (Å²) in [6.45, 7) is 14.8. The van der Waals surface area contributed by atoms with Gasteiger partial charge in [-0.05, 0) is 37.1 Å². The molecule has 1 aromatic carbocycles. The maximum absolute atomic E-state index is 2.31. The highest BCUT2D eigenvalue weighted by molar-refractivity contribution is 7.99. The predicted molar refractivity (Wildman–Crippen MR) is 103 cm³/mol. The summed E-state index contributed by atoms with van der Waals surface area (Å²) in [5, 5.41) is 0. The Bertz CT molecular complexity index is 287. The van der Waals surface area contributed by atoms with Crippen LogP contribution in [0.4, 0.5) is 0 Å². The Hall–Kier alpha value is -0.430. The SMILES string of the molecule is CC.CC.Cc1ccc(SCCCCCCC(C)C)cc1. The van der Waals surface area contributed by atoms with Crippen LogP contribution in [0.2, 0.25) is 0 Å². The summed E-state index contributed by atoms with van der Waals surface area (Å²) >= 11 is 1.99. The average molecular weight is 311 g/mol. The van der Waals surface area contributed by atoms with Crippen LogP contribution >= 0.6 is 11.8 Å². The second kappa shape index (κ2) is 17.6.